The van der Waals surface area contributed by atoms with Gasteiger partial charge in [0.2, 0.25) is 5.78 Å². The molecule has 88 valence electrons. The van der Waals surface area contributed by atoms with E-state index in [2.05, 4.69) is 4.74 Å². The minimum atomic E-state index is -2.35. The number of Topliss-reactive ketones (excluding diaryl/α,β-unsaturated/α-hetero) is 1. The van der Waals surface area contributed by atoms with Crippen molar-refractivity contribution in [2.75, 3.05) is 7.11 Å². The van der Waals surface area contributed by atoms with Gasteiger partial charge in [0.1, 0.15) is 0 Å². The lowest BCUT2D eigenvalue weighted by atomic mass is 10.0. The van der Waals surface area contributed by atoms with Gasteiger partial charge in [0.05, 0.1) is 13.2 Å². The first-order valence-corrected chi connectivity index (χ1v) is 4.89. The van der Waals surface area contributed by atoms with Crippen molar-refractivity contribution in [1.82, 2.24) is 0 Å². The van der Waals surface area contributed by atoms with Crippen molar-refractivity contribution in [3.05, 3.63) is 47.7 Å². The molecule has 1 aromatic carbocycles. The van der Waals surface area contributed by atoms with E-state index >= 15 is 0 Å². The summed E-state index contributed by atoms with van der Waals surface area (Å²) in [5.74, 6) is -4.12. The lowest BCUT2D eigenvalue weighted by molar-refractivity contribution is -0.172. The van der Waals surface area contributed by atoms with Gasteiger partial charge in [0.25, 0.3) is 0 Å². The van der Waals surface area contributed by atoms with Crippen molar-refractivity contribution in [1.29, 1.82) is 0 Å². The van der Waals surface area contributed by atoms with Crippen molar-refractivity contribution >= 4 is 11.8 Å². The van der Waals surface area contributed by atoms with E-state index in [-0.39, 0.29) is 11.3 Å². The topological polar surface area (TPSA) is 72.8 Å². The zero-order valence-corrected chi connectivity index (χ0v) is 9.04. The molecule has 17 heavy (non-hydrogen) atoms. The van der Waals surface area contributed by atoms with Crippen LogP contribution in [0.25, 0.3) is 0 Å². The lowest BCUT2D eigenvalue weighted by Gasteiger charge is -2.21. The van der Waals surface area contributed by atoms with Crippen LogP contribution in [0.15, 0.2) is 42.2 Å². The second-order valence-corrected chi connectivity index (χ2v) is 3.47. The van der Waals surface area contributed by atoms with Gasteiger partial charge in [-0.15, -0.1) is 0 Å². The molecule has 0 fully saturated rings. The highest BCUT2D eigenvalue weighted by atomic mass is 16.7. The first-order chi connectivity index (χ1) is 8.08. The van der Waals surface area contributed by atoms with Crippen molar-refractivity contribution in [2.45, 2.75) is 5.79 Å². The number of esters is 1. The fourth-order valence-electron chi connectivity index (χ4n) is 1.57. The molecule has 1 unspecified atom stereocenters. The maximum atomic E-state index is 12.0. The summed E-state index contributed by atoms with van der Waals surface area (Å²) in [6.45, 7) is 0. The van der Waals surface area contributed by atoms with E-state index in [4.69, 9.17) is 4.74 Å². The molecule has 1 heterocycles. The van der Waals surface area contributed by atoms with Gasteiger partial charge in [-0.3, -0.25) is 4.79 Å². The molecule has 0 aliphatic carbocycles. The molecule has 1 aromatic rings. The predicted octanol–water partition coefficient (Wildman–Crippen LogP) is 0.645. The SMILES string of the molecule is COC1=CC(=O)OC1(O)C(=O)c1ccccc1. The van der Waals surface area contributed by atoms with Crippen LogP contribution < -0.4 is 0 Å². The normalized spacial score (nSPS) is 22.9. The number of aliphatic hydroxyl groups is 1. The van der Waals surface area contributed by atoms with Crippen molar-refractivity contribution in [3.63, 3.8) is 0 Å². The van der Waals surface area contributed by atoms with E-state index < -0.39 is 17.5 Å². The van der Waals surface area contributed by atoms with Gasteiger partial charge in [0.15, 0.2) is 5.76 Å². The summed E-state index contributed by atoms with van der Waals surface area (Å²) in [5.41, 5.74) is 0.229. The first kappa shape index (κ1) is 11.3. The Labute approximate surface area is 97.3 Å². The fraction of sp³-hybridized carbons (Fsp3) is 0.167. The summed E-state index contributed by atoms with van der Waals surface area (Å²) in [6, 6.07) is 8.04. The number of hydrogen-bond donors (Lipinski definition) is 1. The molecule has 0 saturated heterocycles. The molecule has 1 atom stereocenters. The number of benzene rings is 1. The van der Waals surface area contributed by atoms with Gasteiger partial charge >= 0.3 is 11.8 Å². The van der Waals surface area contributed by atoms with Crippen LogP contribution in [0.1, 0.15) is 10.4 Å². The van der Waals surface area contributed by atoms with Gasteiger partial charge in [-0.25, -0.2) is 4.79 Å². The molecule has 5 nitrogen and oxygen atoms in total. The molecule has 0 saturated carbocycles. The predicted molar refractivity (Wildman–Crippen MR) is 56.9 cm³/mol. The summed E-state index contributed by atoms with van der Waals surface area (Å²) in [7, 11) is 1.25. The zero-order chi connectivity index (χ0) is 12.5. The van der Waals surface area contributed by atoms with Crippen LogP contribution in [-0.4, -0.2) is 29.8 Å². The number of ether oxygens (including phenoxy) is 2. The third-order valence-corrected chi connectivity index (χ3v) is 2.39. The Morgan fingerprint density at radius 3 is 2.59 bits per heavy atom. The van der Waals surface area contributed by atoms with E-state index in [1.165, 1.54) is 19.2 Å². The van der Waals surface area contributed by atoms with E-state index in [0.29, 0.717) is 0 Å². The standard InChI is InChI=1S/C12H10O5/c1-16-9-7-10(13)17-12(9,15)11(14)8-5-3-2-4-6-8/h2-7,15H,1H3. The second-order valence-electron chi connectivity index (χ2n) is 3.47. The van der Waals surface area contributed by atoms with Gasteiger partial charge < -0.3 is 14.6 Å². The molecule has 2 rings (SSSR count). The van der Waals surface area contributed by atoms with Gasteiger partial charge in [0, 0.05) is 5.56 Å². The van der Waals surface area contributed by atoms with Crippen LogP contribution in [0, 0.1) is 0 Å². The molecule has 1 aliphatic rings. The molecule has 1 N–H and O–H groups in total. The number of ketones is 1. The monoisotopic (exact) mass is 234 g/mol. The number of cyclic esters (lactones) is 1. The molecule has 0 radical (unpaired) electrons. The quantitative estimate of drug-likeness (QED) is 0.614. The minimum absolute atomic E-state index is 0.212. The van der Waals surface area contributed by atoms with Crippen LogP contribution >= 0.6 is 0 Å². The molecule has 0 bridgehead atoms. The summed E-state index contributed by atoms with van der Waals surface area (Å²) in [6.07, 6.45) is 0.945. The van der Waals surface area contributed by atoms with Crippen LogP contribution in [-0.2, 0) is 14.3 Å². The second kappa shape index (κ2) is 4.03. The highest BCUT2D eigenvalue weighted by Gasteiger charge is 2.50. The smallest absolute Gasteiger partial charge is 0.337 e. The van der Waals surface area contributed by atoms with Gasteiger partial charge in [-0.2, -0.15) is 0 Å². The Hall–Kier alpha value is -2.14. The van der Waals surface area contributed by atoms with Gasteiger partial charge in [-0.1, -0.05) is 30.3 Å². The Morgan fingerprint density at radius 1 is 1.35 bits per heavy atom. The van der Waals surface area contributed by atoms with Crippen molar-refractivity contribution < 1.29 is 24.2 Å². The summed E-state index contributed by atoms with van der Waals surface area (Å²) >= 11 is 0. The molecule has 5 heteroatoms. The zero-order valence-electron chi connectivity index (χ0n) is 9.04. The van der Waals surface area contributed by atoms with E-state index in [1.54, 1.807) is 18.2 Å². The summed E-state index contributed by atoms with van der Waals surface area (Å²) in [5, 5.41) is 10.1. The van der Waals surface area contributed by atoms with Crippen LogP contribution in [0.2, 0.25) is 0 Å². The highest BCUT2D eigenvalue weighted by molar-refractivity contribution is 6.06. The summed E-state index contributed by atoms with van der Waals surface area (Å²) in [4.78, 5) is 23.1. The largest absolute Gasteiger partial charge is 0.494 e. The third-order valence-electron chi connectivity index (χ3n) is 2.39. The third kappa shape index (κ3) is 1.81. The van der Waals surface area contributed by atoms with E-state index in [9.17, 15) is 14.7 Å². The first-order valence-electron chi connectivity index (χ1n) is 4.89. The number of carbonyl (C=O) groups is 2. The number of carbonyl (C=O) groups excluding carboxylic acids is 2. The Morgan fingerprint density at radius 2 is 2.00 bits per heavy atom. The molecule has 0 amide bonds. The molecule has 1 aliphatic heterocycles. The lowest BCUT2D eigenvalue weighted by Crippen LogP contribution is -2.41. The van der Waals surface area contributed by atoms with E-state index in [0.717, 1.165) is 6.08 Å². The Balaban J connectivity index is 2.38. The molecular weight excluding hydrogens is 224 g/mol. The number of hydrogen-bond acceptors (Lipinski definition) is 5. The van der Waals surface area contributed by atoms with Crippen LogP contribution in [0.3, 0.4) is 0 Å². The Kier molecular flexibility index (Phi) is 2.69. The van der Waals surface area contributed by atoms with E-state index in [1.807, 2.05) is 0 Å². The van der Waals surface area contributed by atoms with Gasteiger partial charge in [-0.05, 0) is 0 Å². The summed E-state index contributed by atoms with van der Waals surface area (Å²) < 4.78 is 9.40. The maximum Gasteiger partial charge on any atom is 0.337 e. The van der Waals surface area contributed by atoms with Crippen molar-refractivity contribution in [3.8, 4) is 0 Å². The van der Waals surface area contributed by atoms with Crippen molar-refractivity contribution in [2.24, 2.45) is 0 Å². The maximum absolute atomic E-state index is 12.0. The number of methoxy groups -OCH3 is 1. The Bertz CT molecular complexity index is 491. The minimum Gasteiger partial charge on any atom is -0.494 e. The van der Waals surface area contributed by atoms with Crippen LogP contribution in [0.5, 0.6) is 0 Å². The van der Waals surface area contributed by atoms with Crippen LogP contribution in [0.4, 0.5) is 0 Å². The fourth-order valence-corrected chi connectivity index (χ4v) is 1.57. The molecule has 0 spiro atoms. The number of rotatable bonds is 3. The molecular formula is C12H10O5. The highest BCUT2D eigenvalue weighted by Crippen LogP contribution is 2.29. The average molecular weight is 234 g/mol. The average Bonchev–Trinajstić information content (AvgIpc) is 2.65. The molecule has 0 aromatic heterocycles.